The van der Waals surface area contributed by atoms with E-state index >= 15 is 0 Å². The fraction of sp³-hybridized carbons (Fsp3) is 0.529. The topological polar surface area (TPSA) is 49.2 Å². The van der Waals surface area contributed by atoms with Gasteiger partial charge in [0.05, 0.1) is 18.2 Å². The lowest BCUT2D eigenvalue weighted by molar-refractivity contribution is 0.297. The van der Waals surface area contributed by atoms with Crippen LogP contribution in [0, 0.1) is 0 Å². The van der Waals surface area contributed by atoms with Gasteiger partial charge in [-0.3, -0.25) is 0 Å². The standard InChI is InChI=1S/C17H20ClN3O2S/c18-13-9-12(10-14-16(13)23-8-4-7-22-14)11-24-17-20-19-15-5-2-1-3-6-21(15)17/h9-10H,1-8,11H2. The fourth-order valence-electron chi connectivity index (χ4n) is 3.08. The van der Waals surface area contributed by atoms with Crippen molar-refractivity contribution in [2.75, 3.05) is 13.2 Å². The summed E-state index contributed by atoms with van der Waals surface area (Å²) in [4.78, 5) is 0. The minimum Gasteiger partial charge on any atom is -0.489 e. The Morgan fingerprint density at radius 1 is 1.08 bits per heavy atom. The van der Waals surface area contributed by atoms with Crippen LogP contribution in [0.15, 0.2) is 17.3 Å². The molecule has 0 saturated carbocycles. The summed E-state index contributed by atoms with van der Waals surface area (Å²) in [5.41, 5.74) is 1.11. The van der Waals surface area contributed by atoms with Gasteiger partial charge >= 0.3 is 0 Å². The van der Waals surface area contributed by atoms with Crippen LogP contribution in [-0.4, -0.2) is 28.0 Å². The van der Waals surface area contributed by atoms with Crippen molar-refractivity contribution in [1.82, 2.24) is 14.8 Å². The number of nitrogens with zero attached hydrogens (tertiary/aromatic N) is 3. The number of thioether (sulfide) groups is 1. The van der Waals surface area contributed by atoms with E-state index in [0.29, 0.717) is 24.0 Å². The average Bonchev–Trinajstić information content (AvgIpc) is 2.77. The van der Waals surface area contributed by atoms with Gasteiger partial charge in [0.15, 0.2) is 16.7 Å². The molecule has 3 heterocycles. The van der Waals surface area contributed by atoms with Crippen molar-refractivity contribution >= 4 is 23.4 Å². The van der Waals surface area contributed by atoms with Crippen LogP contribution in [0.4, 0.5) is 0 Å². The summed E-state index contributed by atoms with van der Waals surface area (Å²) >= 11 is 8.07. The van der Waals surface area contributed by atoms with E-state index in [9.17, 15) is 0 Å². The molecule has 128 valence electrons. The molecule has 4 rings (SSSR count). The van der Waals surface area contributed by atoms with E-state index < -0.39 is 0 Å². The Balaban J connectivity index is 1.51. The average molecular weight is 366 g/mol. The first-order chi connectivity index (χ1) is 11.8. The van der Waals surface area contributed by atoms with E-state index in [1.54, 1.807) is 11.8 Å². The largest absolute Gasteiger partial charge is 0.489 e. The van der Waals surface area contributed by atoms with E-state index in [1.807, 2.05) is 12.1 Å². The van der Waals surface area contributed by atoms with Gasteiger partial charge in [0.2, 0.25) is 0 Å². The van der Waals surface area contributed by atoms with Gasteiger partial charge in [0, 0.05) is 25.1 Å². The lowest BCUT2D eigenvalue weighted by Crippen LogP contribution is -2.02. The summed E-state index contributed by atoms with van der Waals surface area (Å²) in [7, 11) is 0. The summed E-state index contributed by atoms with van der Waals surface area (Å²) in [5.74, 6) is 3.32. The molecule has 5 nitrogen and oxygen atoms in total. The molecule has 0 saturated heterocycles. The first kappa shape index (κ1) is 16.1. The van der Waals surface area contributed by atoms with Gasteiger partial charge in [-0.2, -0.15) is 0 Å². The Bertz CT molecular complexity index is 735. The number of aryl methyl sites for hydroxylation is 1. The van der Waals surface area contributed by atoms with Gasteiger partial charge in [0.1, 0.15) is 5.82 Å². The zero-order chi connectivity index (χ0) is 16.4. The number of benzene rings is 1. The predicted octanol–water partition coefficient (Wildman–Crippen LogP) is 4.11. The lowest BCUT2D eigenvalue weighted by Gasteiger charge is -2.11. The summed E-state index contributed by atoms with van der Waals surface area (Å²) in [6.45, 7) is 2.33. The number of fused-ring (bicyclic) bond motifs is 2. The van der Waals surface area contributed by atoms with Gasteiger partial charge in [0.25, 0.3) is 0 Å². The van der Waals surface area contributed by atoms with Crippen molar-refractivity contribution in [2.45, 2.75) is 49.6 Å². The van der Waals surface area contributed by atoms with Crippen molar-refractivity contribution in [3.05, 3.63) is 28.5 Å². The van der Waals surface area contributed by atoms with Crippen molar-refractivity contribution in [3.63, 3.8) is 0 Å². The molecular weight excluding hydrogens is 346 g/mol. The molecule has 0 unspecified atom stereocenters. The smallest absolute Gasteiger partial charge is 0.191 e. The maximum absolute atomic E-state index is 6.37. The molecule has 0 N–H and O–H groups in total. The van der Waals surface area contributed by atoms with E-state index in [-0.39, 0.29) is 0 Å². The molecule has 0 spiro atoms. The van der Waals surface area contributed by atoms with Crippen LogP contribution in [0.3, 0.4) is 0 Å². The number of ether oxygens (including phenoxy) is 2. The van der Waals surface area contributed by atoms with E-state index in [2.05, 4.69) is 14.8 Å². The molecule has 7 heteroatoms. The summed E-state index contributed by atoms with van der Waals surface area (Å²) < 4.78 is 13.7. The van der Waals surface area contributed by atoms with Crippen LogP contribution in [0.1, 0.15) is 37.1 Å². The SMILES string of the molecule is Clc1cc(CSc2nnc3n2CCCCC3)cc2c1OCCCO2. The number of aromatic nitrogens is 3. The van der Waals surface area contributed by atoms with Gasteiger partial charge < -0.3 is 14.0 Å². The minimum atomic E-state index is 0.616. The zero-order valence-electron chi connectivity index (χ0n) is 13.5. The third kappa shape index (κ3) is 3.35. The van der Waals surface area contributed by atoms with E-state index in [1.165, 1.54) is 19.3 Å². The highest BCUT2D eigenvalue weighted by Gasteiger charge is 2.18. The second-order valence-corrected chi connectivity index (χ2v) is 7.45. The number of hydrogen-bond donors (Lipinski definition) is 0. The highest BCUT2D eigenvalue weighted by atomic mass is 35.5. The van der Waals surface area contributed by atoms with Gasteiger partial charge in [-0.1, -0.05) is 29.8 Å². The first-order valence-electron chi connectivity index (χ1n) is 8.44. The Morgan fingerprint density at radius 3 is 2.96 bits per heavy atom. The van der Waals surface area contributed by atoms with Crippen molar-refractivity contribution in [1.29, 1.82) is 0 Å². The molecular formula is C17H20ClN3O2S. The molecule has 0 fully saturated rings. The van der Waals surface area contributed by atoms with Crippen molar-refractivity contribution in [2.24, 2.45) is 0 Å². The van der Waals surface area contributed by atoms with Crippen LogP contribution >= 0.6 is 23.4 Å². The lowest BCUT2D eigenvalue weighted by atomic mass is 10.2. The van der Waals surface area contributed by atoms with Crippen LogP contribution < -0.4 is 9.47 Å². The fourth-order valence-corrected chi connectivity index (χ4v) is 4.28. The van der Waals surface area contributed by atoms with Gasteiger partial charge in [-0.15, -0.1) is 10.2 Å². The molecule has 0 radical (unpaired) electrons. The number of hydrogen-bond acceptors (Lipinski definition) is 5. The summed E-state index contributed by atoms with van der Waals surface area (Å²) in [6, 6.07) is 3.99. The number of rotatable bonds is 3. The molecule has 24 heavy (non-hydrogen) atoms. The van der Waals surface area contributed by atoms with Crippen LogP contribution in [0.2, 0.25) is 5.02 Å². The third-order valence-electron chi connectivity index (χ3n) is 4.31. The Labute approximate surface area is 150 Å². The predicted molar refractivity (Wildman–Crippen MR) is 94.2 cm³/mol. The Kier molecular flexibility index (Phi) is 4.85. The van der Waals surface area contributed by atoms with Crippen molar-refractivity contribution in [3.8, 4) is 11.5 Å². The minimum absolute atomic E-state index is 0.616. The maximum atomic E-state index is 6.37. The molecule has 1 aromatic carbocycles. The zero-order valence-corrected chi connectivity index (χ0v) is 15.0. The highest BCUT2D eigenvalue weighted by molar-refractivity contribution is 7.98. The normalized spacial score (nSPS) is 17.0. The van der Waals surface area contributed by atoms with Gasteiger partial charge in [-0.25, -0.2) is 0 Å². The third-order valence-corrected chi connectivity index (χ3v) is 5.62. The monoisotopic (exact) mass is 365 g/mol. The highest BCUT2D eigenvalue weighted by Crippen LogP contribution is 2.39. The van der Waals surface area contributed by atoms with Crippen LogP contribution in [0.5, 0.6) is 11.5 Å². The van der Waals surface area contributed by atoms with E-state index in [4.69, 9.17) is 21.1 Å². The quantitative estimate of drug-likeness (QED) is 0.766. The van der Waals surface area contributed by atoms with Crippen LogP contribution in [0.25, 0.3) is 0 Å². The molecule has 0 aliphatic carbocycles. The molecule has 2 aromatic rings. The maximum Gasteiger partial charge on any atom is 0.191 e. The Morgan fingerprint density at radius 2 is 2.00 bits per heavy atom. The number of halogens is 1. The first-order valence-corrected chi connectivity index (χ1v) is 9.80. The molecule has 2 aliphatic rings. The van der Waals surface area contributed by atoms with Gasteiger partial charge in [-0.05, 0) is 30.5 Å². The Hall–Kier alpha value is -1.40. The molecule has 0 atom stereocenters. The second kappa shape index (κ2) is 7.23. The second-order valence-electron chi connectivity index (χ2n) is 6.11. The molecule has 2 aliphatic heterocycles. The summed E-state index contributed by atoms with van der Waals surface area (Å²) in [5, 5.41) is 10.3. The van der Waals surface area contributed by atoms with Crippen LogP contribution in [-0.2, 0) is 18.7 Å². The molecule has 1 aromatic heterocycles. The summed E-state index contributed by atoms with van der Waals surface area (Å²) in [6.07, 6.45) is 5.59. The molecule has 0 amide bonds. The van der Waals surface area contributed by atoms with Crippen molar-refractivity contribution < 1.29 is 9.47 Å². The molecule has 0 bridgehead atoms. The van der Waals surface area contributed by atoms with E-state index in [0.717, 1.165) is 47.4 Å².